The number of carbonyl (C=O) groups is 2. The first-order valence-electron chi connectivity index (χ1n) is 11.3. The van der Waals surface area contributed by atoms with Crippen LogP contribution in [-0.2, 0) is 32.7 Å². The molecule has 3 aromatic carbocycles. The first-order valence-corrected chi connectivity index (χ1v) is 13.1. The summed E-state index contributed by atoms with van der Waals surface area (Å²) in [5.41, 5.74) is 3.53. The highest BCUT2D eigenvalue weighted by Crippen LogP contribution is 2.24. The summed E-state index contributed by atoms with van der Waals surface area (Å²) in [6, 6.07) is 25.3. The molecule has 0 radical (unpaired) electrons. The van der Waals surface area contributed by atoms with Gasteiger partial charge in [-0.15, -0.1) is 0 Å². The fourth-order valence-electron chi connectivity index (χ4n) is 3.60. The van der Waals surface area contributed by atoms with Crippen LogP contribution in [0.4, 0.5) is 0 Å². The van der Waals surface area contributed by atoms with Gasteiger partial charge in [-0.3, -0.25) is 9.59 Å². The predicted molar refractivity (Wildman–Crippen MR) is 137 cm³/mol. The molecule has 0 saturated heterocycles. The highest BCUT2D eigenvalue weighted by molar-refractivity contribution is 7.88. The van der Waals surface area contributed by atoms with Crippen molar-refractivity contribution in [3.05, 3.63) is 107 Å². The van der Waals surface area contributed by atoms with Crippen LogP contribution < -0.4 is 5.32 Å². The lowest BCUT2D eigenvalue weighted by Crippen LogP contribution is -2.47. The molecule has 1 N–H and O–H groups in total. The summed E-state index contributed by atoms with van der Waals surface area (Å²) in [6.45, 7) is 2.07. The van der Waals surface area contributed by atoms with E-state index in [2.05, 4.69) is 5.32 Å². The summed E-state index contributed by atoms with van der Waals surface area (Å²) in [5, 5.41) is 2.96. The maximum atomic E-state index is 13.6. The Labute approximate surface area is 207 Å². The van der Waals surface area contributed by atoms with Gasteiger partial charge in [0.05, 0.1) is 12.8 Å². The first-order chi connectivity index (χ1) is 16.6. The van der Waals surface area contributed by atoms with E-state index in [9.17, 15) is 18.0 Å². The Kier molecular flexibility index (Phi) is 8.78. The van der Waals surface area contributed by atoms with Crippen molar-refractivity contribution in [3.8, 4) is 0 Å². The summed E-state index contributed by atoms with van der Waals surface area (Å²) in [4.78, 5) is 28.5. The molecule has 7 nitrogen and oxygen atoms in total. The van der Waals surface area contributed by atoms with E-state index >= 15 is 0 Å². The number of hydrogen-bond acceptors (Lipinski definition) is 4. The van der Waals surface area contributed by atoms with Crippen LogP contribution in [0.1, 0.15) is 28.3 Å². The fraction of sp³-hybridized carbons (Fsp3) is 0.259. The number of hydrogen-bond donors (Lipinski definition) is 1. The van der Waals surface area contributed by atoms with Crippen LogP contribution in [0.15, 0.2) is 84.9 Å². The molecule has 35 heavy (non-hydrogen) atoms. The molecule has 3 aromatic rings. The standard InChI is InChI=1S/C27H31N3O4S/c1-21-14-16-22(17-15-21)18-28-27(32)26(24-12-8-5-9-13-24)30(19-23-10-6-4-7-11-23)25(31)20-29(2)35(3,33)34/h4-17,26H,18-20H2,1-3H3,(H,28,32). The first kappa shape index (κ1) is 26.1. The van der Waals surface area contributed by atoms with Crippen molar-refractivity contribution in [2.45, 2.75) is 26.1 Å². The number of nitrogens with zero attached hydrogens (tertiary/aromatic N) is 2. The van der Waals surface area contributed by atoms with E-state index in [0.717, 1.165) is 27.3 Å². The van der Waals surface area contributed by atoms with Crippen LogP contribution in [0.5, 0.6) is 0 Å². The van der Waals surface area contributed by atoms with Gasteiger partial charge in [-0.25, -0.2) is 8.42 Å². The highest BCUT2D eigenvalue weighted by atomic mass is 32.2. The number of benzene rings is 3. The number of carbonyl (C=O) groups excluding carboxylic acids is 2. The second-order valence-electron chi connectivity index (χ2n) is 8.54. The van der Waals surface area contributed by atoms with Crippen molar-refractivity contribution < 1.29 is 18.0 Å². The molecule has 0 bridgehead atoms. The lowest BCUT2D eigenvalue weighted by atomic mass is 10.0. The van der Waals surface area contributed by atoms with E-state index in [1.807, 2.05) is 79.7 Å². The lowest BCUT2D eigenvalue weighted by molar-refractivity contribution is -0.141. The molecule has 1 atom stereocenters. The number of amides is 2. The van der Waals surface area contributed by atoms with Crippen molar-refractivity contribution in [3.63, 3.8) is 0 Å². The molecule has 0 aliphatic carbocycles. The zero-order valence-electron chi connectivity index (χ0n) is 20.2. The second kappa shape index (κ2) is 11.8. The molecular formula is C27H31N3O4S. The number of sulfonamides is 1. The van der Waals surface area contributed by atoms with Gasteiger partial charge in [-0.2, -0.15) is 4.31 Å². The summed E-state index contributed by atoms with van der Waals surface area (Å²) < 4.78 is 24.9. The van der Waals surface area contributed by atoms with Crippen LogP contribution in [-0.4, -0.2) is 49.3 Å². The number of likely N-dealkylation sites (N-methyl/N-ethyl adjacent to an activating group) is 1. The SMILES string of the molecule is Cc1ccc(CNC(=O)C(c2ccccc2)N(Cc2ccccc2)C(=O)CN(C)S(C)(=O)=O)cc1. The third kappa shape index (κ3) is 7.50. The van der Waals surface area contributed by atoms with E-state index in [1.165, 1.54) is 11.9 Å². The van der Waals surface area contributed by atoms with Crippen molar-refractivity contribution in [2.24, 2.45) is 0 Å². The van der Waals surface area contributed by atoms with E-state index in [4.69, 9.17) is 0 Å². The van der Waals surface area contributed by atoms with Crippen LogP contribution >= 0.6 is 0 Å². The predicted octanol–water partition coefficient (Wildman–Crippen LogP) is 3.27. The monoisotopic (exact) mass is 493 g/mol. The van der Waals surface area contributed by atoms with Crippen LogP contribution in [0.25, 0.3) is 0 Å². The Hall–Kier alpha value is -3.49. The van der Waals surface area contributed by atoms with E-state index in [0.29, 0.717) is 12.1 Å². The second-order valence-corrected chi connectivity index (χ2v) is 10.6. The summed E-state index contributed by atoms with van der Waals surface area (Å²) >= 11 is 0. The van der Waals surface area contributed by atoms with Crippen molar-refractivity contribution in [1.82, 2.24) is 14.5 Å². The topological polar surface area (TPSA) is 86.8 Å². The van der Waals surface area contributed by atoms with Gasteiger partial charge in [-0.1, -0.05) is 90.5 Å². The maximum absolute atomic E-state index is 13.6. The van der Waals surface area contributed by atoms with Gasteiger partial charge in [-0.05, 0) is 23.6 Å². The minimum atomic E-state index is -3.58. The zero-order chi connectivity index (χ0) is 25.4. The van der Waals surface area contributed by atoms with Gasteiger partial charge < -0.3 is 10.2 Å². The minimum absolute atomic E-state index is 0.148. The maximum Gasteiger partial charge on any atom is 0.247 e. The zero-order valence-corrected chi connectivity index (χ0v) is 21.0. The molecule has 0 heterocycles. The average molecular weight is 494 g/mol. The molecule has 2 amide bonds. The van der Waals surface area contributed by atoms with Gasteiger partial charge >= 0.3 is 0 Å². The molecule has 0 aromatic heterocycles. The van der Waals surface area contributed by atoms with E-state index in [1.54, 1.807) is 12.1 Å². The van der Waals surface area contributed by atoms with Crippen LogP contribution in [0, 0.1) is 6.92 Å². The van der Waals surface area contributed by atoms with Gasteiger partial charge in [0.25, 0.3) is 0 Å². The Balaban J connectivity index is 1.95. The van der Waals surface area contributed by atoms with Gasteiger partial charge in [0.2, 0.25) is 21.8 Å². The Morgan fingerprint density at radius 2 is 1.43 bits per heavy atom. The van der Waals surface area contributed by atoms with Gasteiger partial charge in [0.15, 0.2) is 0 Å². The minimum Gasteiger partial charge on any atom is -0.350 e. The molecule has 0 saturated carbocycles. The van der Waals surface area contributed by atoms with Gasteiger partial charge in [0, 0.05) is 20.1 Å². The van der Waals surface area contributed by atoms with Crippen molar-refractivity contribution in [2.75, 3.05) is 19.8 Å². The Morgan fingerprint density at radius 3 is 2.00 bits per heavy atom. The highest BCUT2D eigenvalue weighted by Gasteiger charge is 2.32. The van der Waals surface area contributed by atoms with Crippen LogP contribution in [0.2, 0.25) is 0 Å². The molecule has 0 spiro atoms. The van der Waals surface area contributed by atoms with E-state index < -0.39 is 22.0 Å². The number of rotatable bonds is 10. The molecule has 3 rings (SSSR count). The molecule has 0 aliphatic heterocycles. The lowest BCUT2D eigenvalue weighted by Gasteiger charge is -2.32. The largest absolute Gasteiger partial charge is 0.350 e. The molecule has 0 fully saturated rings. The summed E-state index contributed by atoms with van der Waals surface area (Å²) in [5.74, 6) is -0.816. The summed E-state index contributed by atoms with van der Waals surface area (Å²) in [6.07, 6.45) is 1.05. The normalized spacial score (nSPS) is 12.2. The quantitative estimate of drug-likeness (QED) is 0.470. The average Bonchev–Trinajstić information content (AvgIpc) is 2.84. The molecule has 1 unspecified atom stereocenters. The number of nitrogens with one attached hydrogen (secondary N) is 1. The van der Waals surface area contributed by atoms with Crippen molar-refractivity contribution >= 4 is 21.8 Å². The van der Waals surface area contributed by atoms with Crippen molar-refractivity contribution in [1.29, 1.82) is 0 Å². The summed E-state index contributed by atoms with van der Waals surface area (Å²) in [7, 11) is -2.23. The molecule has 8 heteroatoms. The third-order valence-electron chi connectivity index (χ3n) is 5.70. The smallest absolute Gasteiger partial charge is 0.247 e. The number of aryl methyl sites for hydroxylation is 1. The van der Waals surface area contributed by atoms with Gasteiger partial charge in [0.1, 0.15) is 6.04 Å². The Bertz CT molecular complexity index is 1230. The third-order valence-corrected chi connectivity index (χ3v) is 6.96. The molecule has 184 valence electrons. The fourth-order valence-corrected chi connectivity index (χ4v) is 3.95. The van der Waals surface area contributed by atoms with E-state index in [-0.39, 0.29) is 19.0 Å². The molecule has 0 aliphatic rings. The van der Waals surface area contributed by atoms with Crippen LogP contribution in [0.3, 0.4) is 0 Å². The Morgan fingerprint density at radius 1 is 0.857 bits per heavy atom. The molecular weight excluding hydrogens is 462 g/mol.